The zero-order chi connectivity index (χ0) is 8.20. The second-order valence-corrected chi connectivity index (χ2v) is 1.60. The summed E-state index contributed by atoms with van der Waals surface area (Å²) in [5.41, 5.74) is 4.72. The van der Waals surface area contributed by atoms with E-state index in [-0.39, 0.29) is 7.43 Å². The van der Waals surface area contributed by atoms with E-state index in [4.69, 9.17) is 5.73 Å². The van der Waals surface area contributed by atoms with E-state index in [2.05, 4.69) is 0 Å². The molecule has 0 rings (SSSR count). The summed E-state index contributed by atoms with van der Waals surface area (Å²) in [6.45, 7) is -1.74. The molecule has 0 aliphatic carbocycles. The van der Waals surface area contributed by atoms with Crippen molar-refractivity contribution in [3.63, 3.8) is 0 Å². The van der Waals surface area contributed by atoms with Crippen LogP contribution in [0.1, 0.15) is 7.43 Å². The predicted octanol–water partition coefficient (Wildman–Crippen LogP) is 0.260. The maximum atomic E-state index is 11.3. The lowest BCUT2D eigenvalue weighted by Crippen LogP contribution is -2.37. The SMILES string of the molecule is C.NCC(=O)NCC(F)(F)F. The lowest BCUT2D eigenvalue weighted by Gasteiger charge is -2.05. The molecule has 0 radical (unpaired) electrons. The minimum atomic E-state index is -4.36. The Bertz CT molecular complexity index is 123. The number of hydrogen-bond acceptors (Lipinski definition) is 2. The summed E-state index contributed by atoms with van der Waals surface area (Å²) >= 11 is 0. The number of nitrogens with one attached hydrogen (secondary N) is 1. The molecular formula is C5H11F3N2O. The Morgan fingerprint density at radius 1 is 1.45 bits per heavy atom. The van der Waals surface area contributed by atoms with Gasteiger partial charge in [0.25, 0.3) is 0 Å². The third kappa shape index (κ3) is 9.22. The number of nitrogens with two attached hydrogens (primary N) is 1. The van der Waals surface area contributed by atoms with Gasteiger partial charge in [-0.15, -0.1) is 0 Å². The molecule has 0 aliphatic heterocycles. The molecular weight excluding hydrogens is 161 g/mol. The highest BCUT2D eigenvalue weighted by atomic mass is 19.4. The standard InChI is InChI=1S/C4H7F3N2O.CH4/c5-4(6,7)2-9-3(10)1-8;/h1-2,8H2,(H,9,10);1H4. The average Bonchev–Trinajstić information content (AvgIpc) is 1.81. The molecule has 11 heavy (non-hydrogen) atoms. The van der Waals surface area contributed by atoms with Crippen molar-refractivity contribution in [2.75, 3.05) is 13.1 Å². The van der Waals surface area contributed by atoms with Gasteiger partial charge in [-0.2, -0.15) is 13.2 Å². The first-order chi connectivity index (χ1) is 4.45. The Hall–Kier alpha value is -0.780. The highest BCUT2D eigenvalue weighted by Crippen LogP contribution is 2.11. The summed E-state index contributed by atoms with van der Waals surface area (Å²) in [6.07, 6.45) is -4.36. The third-order valence-corrected chi connectivity index (χ3v) is 0.671. The molecule has 0 aromatic heterocycles. The van der Waals surface area contributed by atoms with E-state index in [1.165, 1.54) is 0 Å². The van der Waals surface area contributed by atoms with Crippen LogP contribution in [0.2, 0.25) is 0 Å². The Morgan fingerprint density at radius 2 is 1.91 bits per heavy atom. The minimum Gasteiger partial charge on any atom is -0.346 e. The van der Waals surface area contributed by atoms with Gasteiger partial charge in [0.1, 0.15) is 6.54 Å². The summed E-state index contributed by atoms with van der Waals surface area (Å²) in [4.78, 5) is 10.1. The monoisotopic (exact) mass is 172 g/mol. The molecule has 0 aliphatic rings. The number of carbonyl (C=O) groups is 1. The zero-order valence-electron chi connectivity index (χ0n) is 5.03. The number of carbonyl (C=O) groups excluding carboxylic acids is 1. The summed E-state index contributed by atoms with van der Waals surface area (Å²) in [6, 6.07) is 0. The van der Waals surface area contributed by atoms with Gasteiger partial charge >= 0.3 is 6.18 Å². The van der Waals surface area contributed by atoms with Crippen molar-refractivity contribution < 1.29 is 18.0 Å². The molecule has 68 valence electrons. The van der Waals surface area contributed by atoms with Crippen LogP contribution in [0.25, 0.3) is 0 Å². The van der Waals surface area contributed by atoms with Crippen molar-refractivity contribution in [1.82, 2.24) is 5.32 Å². The fraction of sp³-hybridized carbons (Fsp3) is 0.800. The highest BCUT2D eigenvalue weighted by molar-refractivity contribution is 5.77. The van der Waals surface area contributed by atoms with Crippen LogP contribution in [-0.2, 0) is 4.79 Å². The molecule has 6 heteroatoms. The molecule has 3 N–H and O–H groups in total. The first-order valence-corrected chi connectivity index (χ1v) is 2.49. The van der Waals surface area contributed by atoms with Gasteiger partial charge in [0, 0.05) is 0 Å². The minimum absolute atomic E-state index is 0. The molecule has 1 amide bonds. The van der Waals surface area contributed by atoms with E-state index in [0.717, 1.165) is 0 Å². The number of alkyl halides is 3. The van der Waals surface area contributed by atoms with E-state index < -0.39 is 25.2 Å². The van der Waals surface area contributed by atoms with Crippen LogP contribution in [0.4, 0.5) is 13.2 Å². The molecule has 0 unspecified atom stereocenters. The summed E-state index contributed by atoms with van der Waals surface area (Å²) in [5, 5.41) is 1.58. The Kier molecular flexibility index (Phi) is 5.78. The Morgan fingerprint density at radius 3 is 2.18 bits per heavy atom. The van der Waals surface area contributed by atoms with Gasteiger partial charge in [0.15, 0.2) is 0 Å². The fourth-order valence-corrected chi connectivity index (χ4v) is 0.271. The summed E-state index contributed by atoms with van der Waals surface area (Å²) < 4.78 is 33.9. The van der Waals surface area contributed by atoms with Crippen LogP contribution >= 0.6 is 0 Å². The number of halogens is 3. The van der Waals surface area contributed by atoms with Crippen molar-refractivity contribution in [2.45, 2.75) is 13.6 Å². The number of rotatable bonds is 2. The molecule has 0 fully saturated rings. The second kappa shape index (κ2) is 4.95. The molecule has 0 aromatic carbocycles. The molecule has 0 bridgehead atoms. The third-order valence-electron chi connectivity index (χ3n) is 0.671. The highest BCUT2D eigenvalue weighted by Gasteiger charge is 2.27. The molecule has 0 atom stereocenters. The fourth-order valence-electron chi connectivity index (χ4n) is 0.271. The Labute approximate surface area is 62.8 Å². The predicted molar refractivity (Wildman–Crippen MR) is 34.9 cm³/mol. The molecule has 0 spiro atoms. The van der Waals surface area contributed by atoms with Gasteiger partial charge in [-0.3, -0.25) is 4.79 Å². The van der Waals surface area contributed by atoms with Gasteiger partial charge in [0.05, 0.1) is 6.54 Å². The van der Waals surface area contributed by atoms with E-state index >= 15 is 0 Å². The first kappa shape index (κ1) is 12.9. The van der Waals surface area contributed by atoms with Crippen LogP contribution < -0.4 is 11.1 Å². The Balaban J connectivity index is 0. The first-order valence-electron chi connectivity index (χ1n) is 2.49. The van der Waals surface area contributed by atoms with Crippen LogP contribution in [-0.4, -0.2) is 25.2 Å². The molecule has 0 saturated heterocycles. The largest absolute Gasteiger partial charge is 0.405 e. The van der Waals surface area contributed by atoms with Gasteiger partial charge in [-0.25, -0.2) is 0 Å². The van der Waals surface area contributed by atoms with Crippen LogP contribution in [0.3, 0.4) is 0 Å². The lowest BCUT2D eigenvalue weighted by molar-refractivity contribution is -0.137. The molecule has 0 aromatic rings. The van der Waals surface area contributed by atoms with E-state index in [0.29, 0.717) is 0 Å². The van der Waals surface area contributed by atoms with E-state index in [1.807, 2.05) is 0 Å². The van der Waals surface area contributed by atoms with Gasteiger partial charge in [0.2, 0.25) is 5.91 Å². The van der Waals surface area contributed by atoms with Crippen molar-refractivity contribution in [3.05, 3.63) is 0 Å². The lowest BCUT2D eigenvalue weighted by atomic mass is 10.5. The van der Waals surface area contributed by atoms with Gasteiger partial charge < -0.3 is 11.1 Å². The average molecular weight is 172 g/mol. The second-order valence-electron chi connectivity index (χ2n) is 1.60. The van der Waals surface area contributed by atoms with Crippen LogP contribution in [0.5, 0.6) is 0 Å². The van der Waals surface area contributed by atoms with E-state index in [1.54, 1.807) is 5.32 Å². The van der Waals surface area contributed by atoms with Crippen molar-refractivity contribution in [2.24, 2.45) is 5.73 Å². The van der Waals surface area contributed by atoms with Crippen LogP contribution in [0.15, 0.2) is 0 Å². The summed E-state index contributed by atoms with van der Waals surface area (Å²) in [5.74, 6) is -0.808. The molecule has 3 nitrogen and oxygen atoms in total. The van der Waals surface area contributed by atoms with Gasteiger partial charge in [-0.1, -0.05) is 7.43 Å². The zero-order valence-corrected chi connectivity index (χ0v) is 5.03. The quantitative estimate of drug-likeness (QED) is 0.627. The topological polar surface area (TPSA) is 55.1 Å². The van der Waals surface area contributed by atoms with E-state index in [9.17, 15) is 18.0 Å². The van der Waals surface area contributed by atoms with Crippen molar-refractivity contribution >= 4 is 5.91 Å². The molecule has 0 heterocycles. The maximum Gasteiger partial charge on any atom is 0.405 e. The number of amides is 1. The smallest absolute Gasteiger partial charge is 0.346 e. The van der Waals surface area contributed by atoms with Crippen molar-refractivity contribution in [3.8, 4) is 0 Å². The normalized spacial score (nSPS) is 10.2. The van der Waals surface area contributed by atoms with Crippen molar-refractivity contribution in [1.29, 1.82) is 0 Å². The van der Waals surface area contributed by atoms with Crippen LogP contribution in [0, 0.1) is 0 Å². The van der Waals surface area contributed by atoms with Gasteiger partial charge in [-0.05, 0) is 0 Å². The maximum absolute atomic E-state index is 11.3. The number of hydrogen-bond donors (Lipinski definition) is 2. The summed E-state index contributed by atoms with van der Waals surface area (Å²) in [7, 11) is 0. The molecule has 0 saturated carbocycles.